The van der Waals surface area contributed by atoms with Crippen LogP contribution >= 0.6 is 0 Å². The molecular weight excluding hydrogens is 539 g/mol. The van der Waals surface area contributed by atoms with Crippen LogP contribution in [0.3, 0.4) is 0 Å². The van der Waals surface area contributed by atoms with Crippen molar-refractivity contribution in [2.24, 2.45) is 0 Å². The minimum absolute atomic E-state index is 0.00254. The summed E-state index contributed by atoms with van der Waals surface area (Å²) in [5.41, 5.74) is 0.955. The van der Waals surface area contributed by atoms with Crippen LogP contribution in [0.25, 0.3) is 10.8 Å². The van der Waals surface area contributed by atoms with E-state index in [2.05, 4.69) is 4.90 Å². The van der Waals surface area contributed by atoms with Gasteiger partial charge in [-0.05, 0) is 61.2 Å². The molecule has 2 atom stereocenters. The monoisotopic (exact) mass is 566 g/mol. The summed E-state index contributed by atoms with van der Waals surface area (Å²) in [7, 11) is -9.26. The number of carbonyl (C=O) groups is 1. The summed E-state index contributed by atoms with van der Waals surface area (Å²) in [5.74, 6) is -0.703. The summed E-state index contributed by atoms with van der Waals surface area (Å²) in [4.78, 5) is 15.9. The number of rotatable bonds is 7. The summed E-state index contributed by atoms with van der Waals surface area (Å²) in [6.07, 6.45) is 0. The number of piperazine rings is 1. The molecule has 0 aliphatic carbocycles. The van der Waals surface area contributed by atoms with E-state index in [1.807, 2.05) is 13.8 Å². The van der Waals surface area contributed by atoms with Crippen molar-refractivity contribution in [3.05, 3.63) is 66.0 Å². The first-order valence-corrected chi connectivity index (χ1v) is 14.5. The maximum absolute atomic E-state index is 13.2. The molecule has 1 aliphatic heterocycles. The van der Waals surface area contributed by atoms with Crippen molar-refractivity contribution in [1.82, 2.24) is 9.80 Å². The Hall–Kier alpha value is -3.10. The van der Waals surface area contributed by atoms with E-state index in [0.717, 1.165) is 29.8 Å². The Morgan fingerprint density at radius 1 is 0.921 bits per heavy atom. The van der Waals surface area contributed by atoms with E-state index in [9.17, 15) is 35.1 Å². The highest BCUT2D eigenvalue weighted by atomic mass is 32.2. The Balaban J connectivity index is 1.51. The lowest BCUT2D eigenvalue weighted by molar-refractivity contribution is -0.139. The molecule has 2 unspecified atom stereocenters. The number of fused-ring (bicyclic) bond motifs is 1. The molecule has 0 radical (unpaired) electrons. The van der Waals surface area contributed by atoms with E-state index in [0.29, 0.717) is 19.6 Å². The fraction of sp³-hybridized carbons (Fsp3) is 0.320. The van der Waals surface area contributed by atoms with Crippen molar-refractivity contribution in [3.8, 4) is 5.75 Å². The smallest absolute Gasteiger partial charge is 0.294 e. The van der Waals surface area contributed by atoms with Crippen molar-refractivity contribution >= 4 is 36.9 Å². The van der Waals surface area contributed by atoms with Gasteiger partial charge in [0.15, 0.2) is 6.61 Å². The Morgan fingerprint density at radius 3 is 2.18 bits per heavy atom. The highest BCUT2D eigenvalue weighted by Crippen LogP contribution is 2.32. The predicted molar refractivity (Wildman–Crippen MR) is 137 cm³/mol. The Bertz CT molecular complexity index is 1570. The van der Waals surface area contributed by atoms with Gasteiger partial charge in [0.25, 0.3) is 26.1 Å². The second-order valence-electron chi connectivity index (χ2n) is 9.34. The van der Waals surface area contributed by atoms with Crippen LogP contribution in [0.5, 0.6) is 5.75 Å². The number of ether oxygens (including phenoxy) is 1. The van der Waals surface area contributed by atoms with Crippen LogP contribution < -0.4 is 4.74 Å². The van der Waals surface area contributed by atoms with Gasteiger partial charge < -0.3 is 9.64 Å². The largest absolute Gasteiger partial charge is 0.483 e. The van der Waals surface area contributed by atoms with Crippen LogP contribution in [0, 0.1) is 5.82 Å². The maximum atomic E-state index is 13.2. The number of hydrogen-bond donors (Lipinski definition) is 2. The first kappa shape index (κ1) is 27.9. The van der Waals surface area contributed by atoms with E-state index in [1.165, 1.54) is 18.2 Å². The molecular formula is C25H27FN2O8S2. The minimum atomic E-state index is -4.69. The molecule has 38 heavy (non-hydrogen) atoms. The third-order valence-electron chi connectivity index (χ3n) is 6.54. The quantitative estimate of drug-likeness (QED) is 0.413. The summed E-state index contributed by atoms with van der Waals surface area (Å²) < 4.78 is 84.4. The molecule has 1 heterocycles. The Kier molecular flexibility index (Phi) is 7.77. The lowest BCUT2D eigenvalue weighted by atomic mass is 10.1. The topological polar surface area (TPSA) is 142 Å². The summed E-state index contributed by atoms with van der Waals surface area (Å²) in [5, 5.41) is 0.345. The second-order valence-corrected chi connectivity index (χ2v) is 12.2. The number of carbonyl (C=O) groups excluding carboxylic acids is 1. The average Bonchev–Trinajstić information content (AvgIpc) is 2.84. The fourth-order valence-electron chi connectivity index (χ4n) is 4.53. The van der Waals surface area contributed by atoms with Gasteiger partial charge >= 0.3 is 0 Å². The fourth-order valence-corrected chi connectivity index (χ4v) is 5.58. The van der Waals surface area contributed by atoms with Crippen molar-refractivity contribution in [3.63, 3.8) is 0 Å². The average molecular weight is 567 g/mol. The molecule has 3 aromatic carbocycles. The van der Waals surface area contributed by atoms with Crippen LogP contribution in [-0.2, 0) is 31.6 Å². The van der Waals surface area contributed by atoms with Gasteiger partial charge in [-0.15, -0.1) is 0 Å². The van der Waals surface area contributed by atoms with Crippen LogP contribution in [0.15, 0.2) is 64.4 Å². The van der Waals surface area contributed by atoms with Gasteiger partial charge in [0.2, 0.25) is 0 Å². The molecule has 3 aromatic rings. The number of benzene rings is 3. The van der Waals surface area contributed by atoms with Gasteiger partial charge in [-0.25, -0.2) is 4.39 Å². The van der Waals surface area contributed by atoms with Crippen molar-refractivity contribution < 1.29 is 39.9 Å². The second kappa shape index (κ2) is 10.6. The number of hydrogen-bond acceptors (Lipinski definition) is 7. The zero-order valence-electron chi connectivity index (χ0n) is 20.6. The standard InChI is InChI=1S/C25H27FN2O8S2/c1-16-13-28(17(2)12-27(16)14-18-3-5-20(26)6-4-18)25(29)15-36-24-11-22(38(33,34)35)10-19-9-21(37(30,31)32)7-8-23(19)24/h3-11,16-17H,12-15H2,1-2H3,(H,30,31,32)(H,33,34,35). The molecule has 1 fully saturated rings. The molecule has 1 aliphatic rings. The van der Waals surface area contributed by atoms with Gasteiger partial charge in [-0.2, -0.15) is 16.8 Å². The molecule has 0 bridgehead atoms. The molecule has 1 saturated heterocycles. The zero-order chi connectivity index (χ0) is 27.8. The zero-order valence-corrected chi connectivity index (χ0v) is 22.2. The van der Waals surface area contributed by atoms with Crippen LogP contribution in [0.4, 0.5) is 4.39 Å². The Labute approximate surface area is 220 Å². The third kappa shape index (κ3) is 6.30. The molecule has 0 aromatic heterocycles. The van der Waals surface area contributed by atoms with Crippen LogP contribution in [0.1, 0.15) is 19.4 Å². The van der Waals surface area contributed by atoms with Crippen molar-refractivity contribution in [1.29, 1.82) is 0 Å². The minimum Gasteiger partial charge on any atom is -0.483 e. The molecule has 0 saturated carbocycles. The number of amides is 1. The van der Waals surface area contributed by atoms with E-state index in [-0.39, 0.29) is 40.3 Å². The maximum Gasteiger partial charge on any atom is 0.294 e. The van der Waals surface area contributed by atoms with Crippen molar-refractivity contribution in [2.45, 2.75) is 42.3 Å². The molecule has 0 spiro atoms. The summed E-state index contributed by atoms with van der Waals surface area (Å²) in [6, 6.07) is 11.7. The van der Waals surface area contributed by atoms with E-state index in [1.54, 1.807) is 17.0 Å². The lowest BCUT2D eigenvalue weighted by Gasteiger charge is -2.44. The first-order chi connectivity index (χ1) is 17.7. The number of nitrogens with zero attached hydrogens (tertiary/aromatic N) is 2. The summed E-state index contributed by atoms with van der Waals surface area (Å²) in [6.45, 7) is 5.03. The highest BCUT2D eigenvalue weighted by Gasteiger charge is 2.32. The molecule has 2 N–H and O–H groups in total. The van der Waals surface area contributed by atoms with Crippen LogP contribution in [-0.4, -0.2) is 73.4 Å². The number of halogens is 1. The lowest BCUT2D eigenvalue weighted by Crippen LogP contribution is -2.58. The molecule has 1 amide bonds. The Morgan fingerprint density at radius 2 is 1.55 bits per heavy atom. The predicted octanol–water partition coefficient (Wildman–Crippen LogP) is 2.97. The molecule has 204 valence electrons. The van der Waals surface area contributed by atoms with Crippen LogP contribution in [0.2, 0.25) is 0 Å². The van der Waals surface area contributed by atoms with E-state index >= 15 is 0 Å². The molecule has 13 heteroatoms. The first-order valence-electron chi connectivity index (χ1n) is 11.7. The van der Waals surface area contributed by atoms with Gasteiger partial charge in [0.1, 0.15) is 11.6 Å². The molecule has 10 nitrogen and oxygen atoms in total. The van der Waals surface area contributed by atoms with Gasteiger partial charge in [0, 0.05) is 43.2 Å². The molecule has 4 rings (SSSR count). The van der Waals surface area contributed by atoms with Gasteiger partial charge in [-0.3, -0.25) is 18.8 Å². The van der Waals surface area contributed by atoms with Gasteiger partial charge in [0.05, 0.1) is 9.79 Å². The highest BCUT2D eigenvalue weighted by molar-refractivity contribution is 7.86. The van der Waals surface area contributed by atoms with E-state index in [4.69, 9.17) is 4.74 Å². The third-order valence-corrected chi connectivity index (χ3v) is 8.22. The SMILES string of the molecule is CC1CN(C(=O)COc2cc(S(=O)(=O)O)cc3cc(S(=O)(=O)O)ccc23)C(C)CN1Cc1ccc(F)cc1. The summed E-state index contributed by atoms with van der Waals surface area (Å²) >= 11 is 0. The van der Waals surface area contributed by atoms with Gasteiger partial charge in [-0.1, -0.05) is 12.1 Å². The van der Waals surface area contributed by atoms with E-state index < -0.39 is 36.6 Å². The normalized spacial score (nSPS) is 19.0. The van der Waals surface area contributed by atoms with Crippen molar-refractivity contribution in [2.75, 3.05) is 19.7 Å².